The Morgan fingerprint density at radius 2 is 1.66 bits per heavy atom. The van der Waals surface area contributed by atoms with Crippen molar-refractivity contribution in [3.63, 3.8) is 0 Å². The van der Waals surface area contributed by atoms with Crippen molar-refractivity contribution in [3.8, 4) is 6.07 Å². The molecule has 0 aromatic heterocycles. The molecule has 1 aliphatic heterocycles. The molecule has 0 aliphatic carbocycles. The summed E-state index contributed by atoms with van der Waals surface area (Å²) in [6, 6.07) is 9.23. The zero-order valence-corrected chi connectivity index (χ0v) is 18.0. The molecule has 7 nitrogen and oxygen atoms in total. The molecule has 3 rings (SSSR count). The molecule has 0 radical (unpaired) electrons. The number of hydrogen-bond acceptors (Lipinski definition) is 5. The van der Waals surface area contributed by atoms with Gasteiger partial charge in [-0.1, -0.05) is 6.92 Å². The van der Waals surface area contributed by atoms with E-state index in [0.29, 0.717) is 16.7 Å². The Bertz CT molecular complexity index is 1140. The van der Waals surface area contributed by atoms with Crippen LogP contribution in [0.2, 0.25) is 0 Å². The molecule has 1 heterocycles. The van der Waals surface area contributed by atoms with E-state index in [-0.39, 0.29) is 18.0 Å². The average Bonchev–Trinajstić information content (AvgIpc) is 3.25. The van der Waals surface area contributed by atoms with Crippen LogP contribution in [0.5, 0.6) is 0 Å². The molecular weight excluding hydrogens is 482 g/mol. The smallest absolute Gasteiger partial charge is 0.335 e. The molecule has 1 aliphatic rings. The first-order valence-corrected chi connectivity index (χ1v) is 10.1. The summed E-state index contributed by atoms with van der Waals surface area (Å²) < 4.78 is 85.6. The Labute approximate surface area is 195 Å². The maximum Gasteiger partial charge on any atom is 0.433 e. The SMILES string of the molecule is CCC(=O)Nc1ccc(NC(=O)[C@@H]2CN(c3ccc(C#N)c(C(F)(F)F)c3)[C@@H](C(F)(F)F)O2)cc1. The van der Waals surface area contributed by atoms with Crippen LogP contribution in [-0.4, -0.2) is 36.9 Å². The van der Waals surface area contributed by atoms with Crippen LogP contribution in [0.4, 0.5) is 43.4 Å². The van der Waals surface area contributed by atoms with Gasteiger partial charge in [0, 0.05) is 23.5 Å². The van der Waals surface area contributed by atoms with Gasteiger partial charge in [-0.2, -0.15) is 31.6 Å². The van der Waals surface area contributed by atoms with Gasteiger partial charge >= 0.3 is 12.4 Å². The molecule has 35 heavy (non-hydrogen) atoms. The van der Waals surface area contributed by atoms with Gasteiger partial charge in [0.25, 0.3) is 5.91 Å². The van der Waals surface area contributed by atoms with Gasteiger partial charge in [-0.05, 0) is 42.5 Å². The lowest BCUT2D eigenvalue weighted by Crippen LogP contribution is -2.42. The molecule has 2 amide bonds. The second-order valence-corrected chi connectivity index (χ2v) is 7.48. The van der Waals surface area contributed by atoms with Crippen LogP contribution in [0, 0.1) is 11.3 Å². The van der Waals surface area contributed by atoms with Gasteiger partial charge in [0.2, 0.25) is 12.1 Å². The largest absolute Gasteiger partial charge is 0.433 e. The highest BCUT2D eigenvalue weighted by Crippen LogP contribution is 2.39. The molecule has 13 heteroatoms. The quantitative estimate of drug-likeness (QED) is 0.583. The second-order valence-electron chi connectivity index (χ2n) is 7.48. The molecule has 2 aromatic rings. The molecule has 0 unspecified atom stereocenters. The highest BCUT2D eigenvalue weighted by Gasteiger charge is 2.52. The number of nitrogens with one attached hydrogen (secondary N) is 2. The number of nitrogens with zero attached hydrogens (tertiary/aromatic N) is 2. The van der Waals surface area contributed by atoms with E-state index in [1.54, 1.807) is 6.92 Å². The van der Waals surface area contributed by atoms with Crippen molar-refractivity contribution in [1.82, 2.24) is 0 Å². The molecule has 186 valence electrons. The Balaban J connectivity index is 1.81. The third kappa shape index (κ3) is 6.02. The summed E-state index contributed by atoms with van der Waals surface area (Å²) in [4.78, 5) is 24.5. The van der Waals surface area contributed by atoms with Gasteiger partial charge in [0.1, 0.15) is 0 Å². The normalized spacial score (nSPS) is 18.2. The standard InChI is InChI=1S/C22H18F6N4O3/c1-2-18(33)30-13-4-6-14(7-5-13)31-19(34)17-11-32(20(35-17)22(26,27)28)15-8-3-12(10-29)16(9-15)21(23,24)25/h3-9,17,20H,2,11H2,1H3,(H,30,33)(H,31,34)/t17-,20+/m0/s1. The van der Waals surface area contributed by atoms with E-state index in [2.05, 4.69) is 10.6 Å². The van der Waals surface area contributed by atoms with Crippen LogP contribution in [0.25, 0.3) is 0 Å². The van der Waals surface area contributed by atoms with E-state index in [9.17, 15) is 35.9 Å². The van der Waals surface area contributed by atoms with Crippen LogP contribution < -0.4 is 15.5 Å². The second kappa shape index (κ2) is 9.83. The van der Waals surface area contributed by atoms with E-state index in [1.807, 2.05) is 0 Å². The number of hydrogen-bond donors (Lipinski definition) is 2. The fourth-order valence-corrected chi connectivity index (χ4v) is 3.34. The predicted octanol–water partition coefficient (Wildman–Crippen LogP) is 4.66. The van der Waals surface area contributed by atoms with Crippen LogP contribution in [0.1, 0.15) is 24.5 Å². The summed E-state index contributed by atoms with van der Waals surface area (Å²) in [5, 5.41) is 13.9. The number of carbonyl (C=O) groups excluding carboxylic acids is 2. The zero-order chi connectivity index (χ0) is 26.0. The lowest BCUT2D eigenvalue weighted by molar-refractivity contribution is -0.212. The van der Waals surface area contributed by atoms with Crippen molar-refractivity contribution < 1.29 is 40.7 Å². The van der Waals surface area contributed by atoms with Crippen molar-refractivity contribution in [2.75, 3.05) is 22.1 Å². The molecule has 0 bridgehead atoms. The maximum absolute atomic E-state index is 13.6. The topological polar surface area (TPSA) is 94.5 Å². The van der Waals surface area contributed by atoms with Gasteiger partial charge in [0.15, 0.2) is 6.10 Å². The Morgan fingerprint density at radius 3 is 2.17 bits per heavy atom. The van der Waals surface area contributed by atoms with Crippen LogP contribution in [0.15, 0.2) is 42.5 Å². The third-order valence-corrected chi connectivity index (χ3v) is 5.03. The Kier molecular flexibility index (Phi) is 7.25. The van der Waals surface area contributed by atoms with Crippen molar-refractivity contribution in [3.05, 3.63) is 53.6 Å². The molecule has 2 N–H and O–H groups in total. The van der Waals surface area contributed by atoms with Crippen molar-refractivity contribution in [1.29, 1.82) is 5.26 Å². The highest BCUT2D eigenvalue weighted by atomic mass is 19.4. The molecule has 0 saturated carbocycles. The van der Waals surface area contributed by atoms with Crippen molar-refractivity contribution in [2.24, 2.45) is 0 Å². The van der Waals surface area contributed by atoms with Gasteiger partial charge in [-0.3, -0.25) is 9.59 Å². The summed E-state index contributed by atoms with van der Waals surface area (Å²) >= 11 is 0. The van der Waals surface area contributed by atoms with E-state index >= 15 is 0 Å². The minimum absolute atomic E-state index is 0.202. The molecular formula is C22H18F6N4O3. The van der Waals surface area contributed by atoms with Gasteiger partial charge in [0.05, 0.1) is 23.7 Å². The van der Waals surface area contributed by atoms with Gasteiger partial charge in [-0.15, -0.1) is 0 Å². The highest BCUT2D eigenvalue weighted by molar-refractivity contribution is 5.95. The van der Waals surface area contributed by atoms with Gasteiger partial charge < -0.3 is 20.3 Å². The number of ether oxygens (including phenoxy) is 1. The van der Waals surface area contributed by atoms with E-state index in [1.165, 1.54) is 30.3 Å². The van der Waals surface area contributed by atoms with Crippen LogP contribution in [-0.2, 0) is 20.5 Å². The number of nitriles is 1. The Morgan fingerprint density at radius 1 is 1.06 bits per heavy atom. The number of alkyl halides is 6. The monoisotopic (exact) mass is 500 g/mol. The van der Waals surface area contributed by atoms with E-state index < -0.39 is 54.0 Å². The molecule has 2 aromatic carbocycles. The average molecular weight is 500 g/mol. The number of anilines is 3. The first-order chi connectivity index (χ1) is 16.3. The van der Waals surface area contributed by atoms with E-state index in [4.69, 9.17) is 10.00 Å². The summed E-state index contributed by atoms with van der Waals surface area (Å²) in [5.41, 5.74) is -2.02. The Hall–Kier alpha value is -3.79. The number of benzene rings is 2. The summed E-state index contributed by atoms with van der Waals surface area (Å²) in [6.07, 6.45) is -14.1. The number of carbonyl (C=O) groups is 2. The molecule has 2 atom stereocenters. The minimum atomic E-state index is -5.03. The minimum Gasteiger partial charge on any atom is -0.335 e. The van der Waals surface area contributed by atoms with Crippen molar-refractivity contribution >= 4 is 28.9 Å². The lowest BCUT2D eigenvalue weighted by atomic mass is 10.1. The van der Waals surface area contributed by atoms with Crippen molar-refractivity contribution in [2.45, 2.75) is 38.0 Å². The maximum atomic E-state index is 13.6. The van der Waals surface area contributed by atoms with Gasteiger partial charge in [-0.25, -0.2) is 0 Å². The van der Waals surface area contributed by atoms with E-state index in [0.717, 1.165) is 12.1 Å². The fourth-order valence-electron chi connectivity index (χ4n) is 3.34. The summed E-state index contributed by atoms with van der Waals surface area (Å²) in [5.74, 6) is -1.19. The van der Waals surface area contributed by atoms with Crippen LogP contribution in [0.3, 0.4) is 0 Å². The number of amides is 2. The summed E-state index contributed by atoms with van der Waals surface area (Å²) in [6.45, 7) is 0.967. The zero-order valence-electron chi connectivity index (χ0n) is 18.0. The first kappa shape index (κ1) is 25.8. The lowest BCUT2D eigenvalue weighted by Gasteiger charge is -2.27. The first-order valence-electron chi connectivity index (χ1n) is 10.1. The molecule has 1 saturated heterocycles. The predicted molar refractivity (Wildman–Crippen MR) is 112 cm³/mol. The molecule has 1 fully saturated rings. The number of rotatable bonds is 5. The van der Waals surface area contributed by atoms with Crippen LogP contribution >= 0.6 is 0 Å². The molecule has 0 spiro atoms. The fraction of sp³-hybridized carbons (Fsp3) is 0.318. The third-order valence-electron chi connectivity index (χ3n) is 5.03. The summed E-state index contributed by atoms with van der Waals surface area (Å²) in [7, 11) is 0. The number of halogens is 6.